The van der Waals surface area contributed by atoms with Gasteiger partial charge >= 0.3 is 0 Å². The number of halogens is 2. The molecule has 0 radical (unpaired) electrons. The fourth-order valence-electron chi connectivity index (χ4n) is 1.04. The molecule has 76 valence electrons. The van der Waals surface area contributed by atoms with Crippen molar-refractivity contribution in [1.29, 1.82) is 0 Å². The zero-order chi connectivity index (χ0) is 10.8. The zero-order valence-corrected chi connectivity index (χ0v) is 12.8. The van der Waals surface area contributed by atoms with Crippen molar-refractivity contribution in [2.24, 2.45) is 0 Å². The molecule has 0 nitrogen and oxygen atoms in total. The molecule has 0 spiro atoms. The summed E-state index contributed by atoms with van der Waals surface area (Å²) in [6.45, 7) is 6.96. The minimum Gasteiger partial charge on any atom is -0.0651 e. The molecule has 0 aliphatic rings. The first-order valence-corrected chi connectivity index (χ1v) is 9.62. The molecular formula is C11H14Br2Si. The standard InChI is InChI=1S/C11H14Br2Si/c1-14(2,3)11(13)10(12)9-7-5-4-6-8-9/h4-8H,1-3H3/b11-10-. The lowest BCUT2D eigenvalue weighted by molar-refractivity contribution is 1.65. The molecule has 0 bridgehead atoms. The van der Waals surface area contributed by atoms with E-state index in [0.29, 0.717) is 0 Å². The van der Waals surface area contributed by atoms with E-state index in [1.807, 2.05) is 6.07 Å². The van der Waals surface area contributed by atoms with Crippen molar-refractivity contribution < 1.29 is 0 Å². The van der Waals surface area contributed by atoms with E-state index in [1.54, 1.807) is 0 Å². The number of hydrogen-bond acceptors (Lipinski definition) is 0. The van der Waals surface area contributed by atoms with Crippen LogP contribution in [0.15, 0.2) is 34.4 Å². The Morgan fingerprint density at radius 2 is 1.50 bits per heavy atom. The molecule has 1 aromatic carbocycles. The van der Waals surface area contributed by atoms with Gasteiger partial charge in [0.25, 0.3) is 0 Å². The Labute approximate surface area is 104 Å². The van der Waals surface area contributed by atoms with Crippen molar-refractivity contribution >= 4 is 44.4 Å². The van der Waals surface area contributed by atoms with Gasteiger partial charge in [0.1, 0.15) is 0 Å². The lowest BCUT2D eigenvalue weighted by Gasteiger charge is -2.17. The van der Waals surface area contributed by atoms with E-state index < -0.39 is 8.07 Å². The second kappa shape index (κ2) is 4.77. The minimum atomic E-state index is -1.26. The van der Waals surface area contributed by atoms with Gasteiger partial charge in [-0.15, -0.1) is 0 Å². The predicted molar refractivity (Wildman–Crippen MR) is 74.6 cm³/mol. The van der Waals surface area contributed by atoms with Crippen LogP contribution in [0.1, 0.15) is 5.56 Å². The zero-order valence-electron chi connectivity index (χ0n) is 8.64. The van der Waals surface area contributed by atoms with Crippen molar-refractivity contribution in [1.82, 2.24) is 0 Å². The van der Waals surface area contributed by atoms with Crippen molar-refractivity contribution in [3.8, 4) is 0 Å². The highest BCUT2D eigenvalue weighted by atomic mass is 79.9. The highest BCUT2D eigenvalue weighted by molar-refractivity contribution is 9.17. The summed E-state index contributed by atoms with van der Waals surface area (Å²) in [5.41, 5.74) is 1.24. The van der Waals surface area contributed by atoms with Crippen LogP contribution in [0.5, 0.6) is 0 Å². The van der Waals surface area contributed by atoms with Crippen molar-refractivity contribution in [3.05, 3.63) is 40.0 Å². The molecule has 0 N–H and O–H groups in total. The van der Waals surface area contributed by atoms with E-state index in [1.165, 1.54) is 14.2 Å². The molecule has 0 aliphatic heterocycles. The maximum atomic E-state index is 3.69. The van der Waals surface area contributed by atoms with Crippen molar-refractivity contribution in [2.75, 3.05) is 0 Å². The maximum Gasteiger partial charge on any atom is 0.0880 e. The molecule has 0 saturated carbocycles. The largest absolute Gasteiger partial charge is 0.0880 e. The van der Waals surface area contributed by atoms with Crippen LogP contribution in [0.25, 0.3) is 4.48 Å². The highest BCUT2D eigenvalue weighted by Gasteiger charge is 2.20. The number of hydrogen-bond donors (Lipinski definition) is 0. The summed E-state index contributed by atoms with van der Waals surface area (Å²) in [5, 5.41) is 0. The molecule has 0 unspecified atom stereocenters. The van der Waals surface area contributed by atoms with Gasteiger partial charge in [-0.05, 0) is 25.6 Å². The Hall–Kier alpha value is 0.137. The third-order valence-corrected chi connectivity index (χ3v) is 9.16. The second-order valence-electron chi connectivity index (χ2n) is 4.24. The summed E-state index contributed by atoms with van der Waals surface area (Å²) in [7, 11) is -1.26. The van der Waals surface area contributed by atoms with Crippen LogP contribution >= 0.6 is 31.9 Å². The Morgan fingerprint density at radius 3 is 1.93 bits per heavy atom. The first-order valence-electron chi connectivity index (χ1n) is 4.54. The van der Waals surface area contributed by atoms with Crippen molar-refractivity contribution in [2.45, 2.75) is 19.6 Å². The third kappa shape index (κ3) is 3.07. The fraction of sp³-hybridized carbons (Fsp3) is 0.273. The summed E-state index contributed by atoms with van der Waals surface area (Å²) in [4.78, 5) is 0. The number of benzene rings is 1. The molecule has 0 fully saturated rings. The molecular weight excluding hydrogens is 320 g/mol. The van der Waals surface area contributed by atoms with Crippen LogP contribution < -0.4 is 0 Å². The van der Waals surface area contributed by atoms with E-state index in [0.717, 1.165) is 0 Å². The molecule has 0 heterocycles. The summed E-state index contributed by atoms with van der Waals surface area (Å²) in [5.74, 6) is 0. The molecule has 0 saturated heterocycles. The molecule has 14 heavy (non-hydrogen) atoms. The monoisotopic (exact) mass is 332 g/mol. The van der Waals surface area contributed by atoms with Gasteiger partial charge in [-0.25, -0.2) is 0 Å². The number of rotatable bonds is 2. The van der Waals surface area contributed by atoms with Gasteiger partial charge in [0.2, 0.25) is 0 Å². The summed E-state index contributed by atoms with van der Waals surface area (Å²) >= 11 is 7.35. The van der Waals surface area contributed by atoms with Crippen LogP contribution in [0.4, 0.5) is 0 Å². The van der Waals surface area contributed by atoms with Gasteiger partial charge in [-0.1, -0.05) is 65.9 Å². The van der Waals surface area contributed by atoms with Crippen LogP contribution in [-0.4, -0.2) is 8.07 Å². The molecule has 3 heteroatoms. The van der Waals surface area contributed by atoms with Crippen LogP contribution in [0.2, 0.25) is 19.6 Å². The second-order valence-corrected chi connectivity index (χ2v) is 11.6. The topological polar surface area (TPSA) is 0 Å². The quantitative estimate of drug-likeness (QED) is 0.666. The van der Waals surface area contributed by atoms with E-state index in [-0.39, 0.29) is 0 Å². The Morgan fingerprint density at radius 1 is 1.00 bits per heavy atom. The average molecular weight is 334 g/mol. The Bertz CT molecular complexity index is 336. The first kappa shape index (κ1) is 12.2. The van der Waals surface area contributed by atoms with Gasteiger partial charge in [0.15, 0.2) is 0 Å². The lowest BCUT2D eigenvalue weighted by Crippen LogP contribution is -2.20. The Balaban J connectivity index is 3.12. The summed E-state index contributed by atoms with van der Waals surface area (Å²) in [6.07, 6.45) is 0. The van der Waals surface area contributed by atoms with Gasteiger partial charge in [0.05, 0.1) is 8.07 Å². The maximum absolute atomic E-state index is 3.69. The molecule has 0 atom stereocenters. The fourth-order valence-corrected chi connectivity index (χ4v) is 4.12. The summed E-state index contributed by atoms with van der Waals surface area (Å²) in [6, 6.07) is 10.4. The lowest BCUT2D eigenvalue weighted by atomic mass is 10.2. The van der Waals surface area contributed by atoms with Gasteiger partial charge in [-0.3, -0.25) is 0 Å². The highest BCUT2D eigenvalue weighted by Crippen LogP contribution is 2.34. The van der Waals surface area contributed by atoms with E-state index in [9.17, 15) is 0 Å². The molecule has 0 aromatic heterocycles. The van der Waals surface area contributed by atoms with Gasteiger partial charge in [-0.2, -0.15) is 0 Å². The van der Waals surface area contributed by atoms with E-state index >= 15 is 0 Å². The van der Waals surface area contributed by atoms with Gasteiger partial charge < -0.3 is 0 Å². The molecule has 0 aliphatic carbocycles. The van der Waals surface area contributed by atoms with E-state index in [4.69, 9.17) is 0 Å². The third-order valence-electron chi connectivity index (χ3n) is 1.88. The van der Waals surface area contributed by atoms with Crippen LogP contribution in [0, 0.1) is 0 Å². The smallest absolute Gasteiger partial charge is 0.0651 e. The van der Waals surface area contributed by atoms with E-state index in [2.05, 4.69) is 75.8 Å². The summed E-state index contributed by atoms with van der Waals surface area (Å²) < 4.78 is 2.52. The van der Waals surface area contributed by atoms with Gasteiger partial charge in [0, 0.05) is 4.48 Å². The normalized spacial score (nSPS) is 13.8. The first-order chi connectivity index (χ1) is 6.43. The Kier molecular flexibility index (Phi) is 4.16. The average Bonchev–Trinajstić information content (AvgIpc) is 2.15. The SMILES string of the molecule is C[Si](C)(C)/C(Br)=C(\Br)c1ccccc1. The molecule has 0 amide bonds. The van der Waals surface area contributed by atoms with Crippen molar-refractivity contribution in [3.63, 3.8) is 0 Å². The minimum absolute atomic E-state index is 1.19. The molecule has 1 rings (SSSR count). The molecule has 1 aromatic rings. The van der Waals surface area contributed by atoms with Crippen LogP contribution in [-0.2, 0) is 0 Å². The van der Waals surface area contributed by atoms with Crippen LogP contribution in [0.3, 0.4) is 0 Å². The predicted octanol–water partition coefficient (Wildman–Crippen LogP) is 5.02.